The molecule has 176 valence electrons. The van der Waals surface area contributed by atoms with E-state index in [4.69, 9.17) is 14.2 Å². The third-order valence-corrected chi connectivity index (χ3v) is 4.75. The normalized spacial score (nSPS) is 11.7. The van der Waals surface area contributed by atoms with E-state index in [-0.39, 0.29) is 35.7 Å². The maximum atomic E-state index is 10.8. The van der Waals surface area contributed by atoms with Crippen molar-refractivity contribution in [1.29, 1.82) is 0 Å². The van der Waals surface area contributed by atoms with E-state index in [1.807, 2.05) is 12.1 Å². The summed E-state index contributed by atoms with van der Waals surface area (Å²) in [6, 6.07) is 10.4. The summed E-state index contributed by atoms with van der Waals surface area (Å²) in [7, 11) is 4.71. The Hall–Kier alpha value is -2.76. The lowest BCUT2D eigenvalue weighted by molar-refractivity contribution is -0.384. The van der Waals surface area contributed by atoms with Gasteiger partial charge in [-0.2, -0.15) is 0 Å². The molecule has 32 heavy (non-hydrogen) atoms. The second-order valence-electron chi connectivity index (χ2n) is 6.93. The van der Waals surface area contributed by atoms with Crippen molar-refractivity contribution < 1.29 is 19.1 Å². The lowest BCUT2D eigenvalue weighted by atomic mass is 10.2. The number of methoxy groups -OCH3 is 3. The Morgan fingerprint density at radius 1 is 1.06 bits per heavy atom. The highest BCUT2D eigenvalue weighted by Crippen LogP contribution is 2.38. The van der Waals surface area contributed by atoms with Crippen molar-refractivity contribution >= 4 is 35.6 Å². The van der Waals surface area contributed by atoms with Crippen LogP contribution in [-0.2, 0) is 13.1 Å². The first-order chi connectivity index (χ1) is 14.9. The summed E-state index contributed by atoms with van der Waals surface area (Å²) in [4.78, 5) is 15.1. The Bertz CT molecular complexity index is 881. The molecule has 0 heterocycles. The Balaban J connectivity index is 0.00000512. The summed E-state index contributed by atoms with van der Waals surface area (Å²) in [6.45, 7) is 5.03. The van der Waals surface area contributed by atoms with E-state index in [1.165, 1.54) is 12.1 Å². The fraction of sp³-hybridized carbons (Fsp3) is 0.409. The number of guanidine groups is 1. The average Bonchev–Trinajstić information content (AvgIpc) is 2.79. The number of non-ortho nitro benzene ring substituents is 1. The first-order valence-electron chi connectivity index (χ1n) is 9.98. The number of hydrogen-bond donors (Lipinski definition) is 2. The zero-order chi connectivity index (χ0) is 22.8. The molecule has 2 aromatic carbocycles. The zero-order valence-corrected chi connectivity index (χ0v) is 21.3. The molecule has 10 heteroatoms. The van der Waals surface area contributed by atoms with Gasteiger partial charge in [-0.15, -0.1) is 24.0 Å². The van der Waals surface area contributed by atoms with Crippen LogP contribution in [0.15, 0.2) is 41.4 Å². The van der Waals surface area contributed by atoms with Gasteiger partial charge in [0.1, 0.15) is 0 Å². The SMILES string of the molecule is CCC(C)NC(=NCc1cc(OC)c(OC)c(OC)c1)NCc1ccc([N+](=O)[O-])cc1.I. The first-order valence-corrected chi connectivity index (χ1v) is 9.98. The van der Waals surface area contributed by atoms with Crippen molar-refractivity contribution in [2.45, 2.75) is 39.4 Å². The van der Waals surface area contributed by atoms with Gasteiger partial charge in [-0.05, 0) is 36.6 Å². The lowest BCUT2D eigenvalue weighted by Crippen LogP contribution is -2.41. The number of nitro groups is 1. The first kappa shape index (κ1) is 27.3. The summed E-state index contributed by atoms with van der Waals surface area (Å²) >= 11 is 0. The van der Waals surface area contributed by atoms with Gasteiger partial charge in [0, 0.05) is 24.7 Å². The number of benzene rings is 2. The molecule has 0 saturated carbocycles. The minimum Gasteiger partial charge on any atom is -0.493 e. The van der Waals surface area contributed by atoms with Crippen LogP contribution >= 0.6 is 24.0 Å². The second-order valence-corrected chi connectivity index (χ2v) is 6.93. The largest absolute Gasteiger partial charge is 0.493 e. The molecule has 0 bridgehead atoms. The van der Waals surface area contributed by atoms with Crippen molar-refractivity contribution in [1.82, 2.24) is 10.6 Å². The highest BCUT2D eigenvalue weighted by molar-refractivity contribution is 14.0. The minimum absolute atomic E-state index is 0. The predicted octanol–water partition coefficient (Wildman–Crippen LogP) is 4.27. The number of aliphatic imine (C=N–C) groups is 1. The third-order valence-electron chi connectivity index (χ3n) is 4.75. The monoisotopic (exact) mass is 558 g/mol. The average molecular weight is 558 g/mol. The van der Waals surface area contributed by atoms with E-state index >= 15 is 0 Å². The van der Waals surface area contributed by atoms with Gasteiger partial charge in [0.25, 0.3) is 5.69 Å². The molecule has 0 aliphatic carbocycles. The van der Waals surface area contributed by atoms with Crippen molar-refractivity contribution in [2.75, 3.05) is 21.3 Å². The van der Waals surface area contributed by atoms with Gasteiger partial charge >= 0.3 is 0 Å². The molecule has 0 saturated heterocycles. The van der Waals surface area contributed by atoms with Crippen LogP contribution in [0.4, 0.5) is 5.69 Å². The van der Waals surface area contributed by atoms with Crippen LogP contribution in [0.5, 0.6) is 17.2 Å². The molecule has 9 nitrogen and oxygen atoms in total. The Kier molecular flexibility index (Phi) is 11.6. The highest BCUT2D eigenvalue weighted by Gasteiger charge is 2.13. The molecule has 0 spiro atoms. The van der Waals surface area contributed by atoms with E-state index in [0.717, 1.165) is 17.5 Å². The molecule has 0 amide bonds. The number of nitrogens with one attached hydrogen (secondary N) is 2. The summed E-state index contributed by atoms with van der Waals surface area (Å²) in [5.74, 6) is 2.32. The highest BCUT2D eigenvalue weighted by atomic mass is 127. The molecule has 0 radical (unpaired) electrons. The van der Waals surface area contributed by atoms with Gasteiger partial charge in [0.05, 0.1) is 32.8 Å². The molecule has 1 atom stereocenters. The molecule has 0 aromatic heterocycles. The lowest BCUT2D eigenvalue weighted by Gasteiger charge is -2.18. The molecule has 2 aromatic rings. The van der Waals surface area contributed by atoms with Crippen molar-refractivity contribution in [2.24, 2.45) is 4.99 Å². The van der Waals surface area contributed by atoms with Gasteiger partial charge in [-0.25, -0.2) is 4.99 Å². The van der Waals surface area contributed by atoms with Crippen LogP contribution in [0.2, 0.25) is 0 Å². The molecule has 0 fully saturated rings. The van der Waals surface area contributed by atoms with Crippen LogP contribution in [0.3, 0.4) is 0 Å². The number of nitro benzene ring substituents is 1. The van der Waals surface area contributed by atoms with Crippen LogP contribution < -0.4 is 24.8 Å². The maximum absolute atomic E-state index is 10.8. The van der Waals surface area contributed by atoms with E-state index < -0.39 is 4.92 Å². The van der Waals surface area contributed by atoms with Gasteiger partial charge in [0.2, 0.25) is 5.75 Å². The number of ether oxygens (including phenoxy) is 3. The molecular formula is C22H31IN4O5. The summed E-state index contributed by atoms with van der Waals surface area (Å²) < 4.78 is 16.2. The molecule has 2 N–H and O–H groups in total. The van der Waals surface area contributed by atoms with E-state index in [0.29, 0.717) is 36.3 Å². The summed E-state index contributed by atoms with van der Waals surface area (Å²) in [5.41, 5.74) is 1.88. The fourth-order valence-electron chi connectivity index (χ4n) is 2.81. The maximum Gasteiger partial charge on any atom is 0.269 e. The minimum atomic E-state index is -0.411. The van der Waals surface area contributed by atoms with Crippen LogP contribution in [0.1, 0.15) is 31.4 Å². The summed E-state index contributed by atoms with van der Waals surface area (Å²) in [5, 5.41) is 17.5. The van der Waals surface area contributed by atoms with Crippen molar-refractivity contribution in [3.63, 3.8) is 0 Å². The number of nitrogens with zero attached hydrogens (tertiary/aromatic N) is 2. The molecule has 2 rings (SSSR count). The van der Waals surface area contributed by atoms with Crippen LogP contribution in [0.25, 0.3) is 0 Å². The van der Waals surface area contributed by atoms with Gasteiger partial charge in [-0.1, -0.05) is 19.1 Å². The Labute approximate surface area is 205 Å². The van der Waals surface area contributed by atoms with E-state index in [9.17, 15) is 10.1 Å². The Morgan fingerprint density at radius 2 is 1.66 bits per heavy atom. The van der Waals surface area contributed by atoms with E-state index in [1.54, 1.807) is 33.5 Å². The van der Waals surface area contributed by atoms with Crippen molar-refractivity contribution in [3.05, 3.63) is 57.6 Å². The standard InChI is InChI=1S/C22H30N4O5.HI/c1-6-15(2)25-22(23-13-16-7-9-18(10-8-16)26(27)28)24-14-17-11-19(29-3)21(31-5)20(12-17)30-4;/h7-12,15H,6,13-14H2,1-5H3,(H2,23,24,25);1H. The van der Waals surface area contributed by atoms with Crippen molar-refractivity contribution in [3.8, 4) is 17.2 Å². The topological polar surface area (TPSA) is 107 Å². The molecule has 0 aliphatic heterocycles. The number of rotatable bonds is 10. The quantitative estimate of drug-likeness (QED) is 0.148. The molecule has 1 unspecified atom stereocenters. The van der Waals surface area contributed by atoms with Gasteiger partial charge in [-0.3, -0.25) is 10.1 Å². The fourth-order valence-corrected chi connectivity index (χ4v) is 2.81. The number of halogens is 1. The molecule has 0 aliphatic rings. The Morgan fingerprint density at radius 3 is 2.12 bits per heavy atom. The summed E-state index contributed by atoms with van der Waals surface area (Å²) in [6.07, 6.45) is 0.933. The predicted molar refractivity (Wildman–Crippen MR) is 135 cm³/mol. The van der Waals surface area contributed by atoms with Gasteiger partial charge in [0.15, 0.2) is 17.5 Å². The number of hydrogen-bond acceptors (Lipinski definition) is 6. The second kappa shape index (κ2) is 13.6. The van der Waals surface area contributed by atoms with Gasteiger partial charge < -0.3 is 24.8 Å². The molecular weight excluding hydrogens is 527 g/mol. The third kappa shape index (κ3) is 7.74. The smallest absolute Gasteiger partial charge is 0.269 e. The van der Waals surface area contributed by atoms with Crippen LogP contribution in [0, 0.1) is 10.1 Å². The van der Waals surface area contributed by atoms with Crippen LogP contribution in [-0.4, -0.2) is 38.3 Å². The zero-order valence-electron chi connectivity index (χ0n) is 19.0. The van der Waals surface area contributed by atoms with E-state index in [2.05, 4.69) is 29.5 Å².